The minimum atomic E-state index is -1.29. The Kier molecular flexibility index (Phi) is 3.87. The smallest absolute Gasteiger partial charge is 0.179 e. The van der Waals surface area contributed by atoms with Crippen LogP contribution in [0, 0.1) is 22.7 Å². The number of halogens is 1. The number of fused-ring (bicyclic) bond motifs is 5. The van der Waals surface area contributed by atoms with Crippen molar-refractivity contribution in [3.63, 3.8) is 0 Å². The van der Waals surface area contributed by atoms with Gasteiger partial charge in [0.15, 0.2) is 11.6 Å². The van der Waals surface area contributed by atoms with Crippen molar-refractivity contribution >= 4 is 23.2 Å². The zero-order valence-electron chi connectivity index (χ0n) is 15.1. The monoisotopic (exact) mass is 362 g/mol. The second-order valence-corrected chi connectivity index (χ2v) is 9.22. The van der Waals surface area contributed by atoms with E-state index in [4.69, 9.17) is 11.6 Å². The molecule has 0 aromatic carbocycles. The first-order chi connectivity index (χ1) is 11.8. The van der Waals surface area contributed by atoms with E-state index in [1.54, 1.807) is 0 Å². The van der Waals surface area contributed by atoms with E-state index in [-0.39, 0.29) is 22.9 Å². The quantitative estimate of drug-likeness (QED) is 0.597. The maximum Gasteiger partial charge on any atom is 0.179 e. The Morgan fingerprint density at radius 1 is 1.28 bits per heavy atom. The Morgan fingerprint density at radius 3 is 2.76 bits per heavy atom. The zero-order valence-corrected chi connectivity index (χ0v) is 15.9. The van der Waals surface area contributed by atoms with Crippen molar-refractivity contribution in [3.05, 3.63) is 23.3 Å². The van der Waals surface area contributed by atoms with Gasteiger partial charge in [0.2, 0.25) is 0 Å². The molecule has 2 saturated carbocycles. The highest BCUT2D eigenvalue weighted by molar-refractivity contribution is 6.29. The summed E-state index contributed by atoms with van der Waals surface area (Å²) in [6.07, 6.45) is 9.80. The fourth-order valence-electron chi connectivity index (χ4n) is 6.44. The summed E-state index contributed by atoms with van der Waals surface area (Å²) in [6.45, 7) is 4.37. The van der Waals surface area contributed by atoms with Gasteiger partial charge in [0.05, 0.1) is 5.88 Å². The molecule has 1 N–H and O–H groups in total. The van der Waals surface area contributed by atoms with Crippen LogP contribution in [0.1, 0.15) is 58.8 Å². The number of alkyl halides is 1. The van der Waals surface area contributed by atoms with E-state index in [2.05, 4.69) is 19.9 Å². The molecule has 0 aromatic rings. The first-order valence-electron chi connectivity index (χ1n) is 9.52. The van der Waals surface area contributed by atoms with Crippen LogP contribution < -0.4 is 0 Å². The van der Waals surface area contributed by atoms with Gasteiger partial charge in [0.1, 0.15) is 5.60 Å². The molecule has 0 aliphatic heterocycles. The van der Waals surface area contributed by atoms with Gasteiger partial charge >= 0.3 is 0 Å². The topological polar surface area (TPSA) is 54.4 Å². The highest BCUT2D eigenvalue weighted by atomic mass is 35.5. The standard InChI is InChI=1S/C21H27ClO3/c1-19-8-5-14(23)11-13(19)3-4-15-16(19)6-9-20(2)17(15)7-10-21(20,25)18(24)12-22/h6,11,15,17,25H,3-5,7-10,12H2,1-2H3/t15-,17+,19+,20+,21-/m1/s1. The molecule has 5 atom stereocenters. The van der Waals surface area contributed by atoms with Crippen LogP contribution in [0.3, 0.4) is 0 Å². The van der Waals surface area contributed by atoms with Gasteiger partial charge in [-0.05, 0) is 56.4 Å². The summed E-state index contributed by atoms with van der Waals surface area (Å²) in [5.41, 5.74) is 1.04. The van der Waals surface area contributed by atoms with Gasteiger partial charge in [-0.15, -0.1) is 11.6 Å². The summed E-state index contributed by atoms with van der Waals surface area (Å²) in [7, 11) is 0. The Hall–Kier alpha value is -0.930. The van der Waals surface area contributed by atoms with Gasteiger partial charge in [-0.1, -0.05) is 31.1 Å². The average Bonchev–Trinajstić information content (AvgIpc) is 2.87. The predicted molar refractivity (Wildman–Crippen MR) is 97.4 cm³/mol. The van der Waals surface area contributed by atoms with Crippen LogP contribution in [-0.4, -0.2) is 28.2 Å². The summed E-state index contributed by atoms with van der Waals surface area (Å²) >= 11 is 5.81. The van der Waals surface area contributed by atoms with Crippen molar-refractivity contribution in [2.45, 2.75) is 64.4 Å². The zero-order chi connectivity index (χ0) is 18.0. The van der Waals surface area contributed by atoms with Crippen LogP contribution in [0.25, 0.3) is 0 Å². The number of hydrogen-bond donors (Lipinski definition) is 1. The van der Waals surface area contributed by atoms with Gasteiger partial charge in [-0.2, -0.15) is 0 Å². The lowest BCUT2D eigenvalue weighted by atomic mass is 9.50. The maximum absolute atomic E-state index is 12.4. The van der Waals surface area contributed by atoms with Gasteiger partial charge in [-0.3, -0.25) is 9.59 Å². The molecule has 4 rings (SSSR count). The summed E-state index contributed by atoms with van der Waals surface area (Å²) in [6, 6.07) is 0. The van der Waals surface area contributed by atoms with E-state index in [0.29, 0.717) is 24.7 Å². The molecule has 0 heterocycles. The van der Waals surface area contributed by atoms with E-state index >= 15 is 0 Å². The SMILES string of the molecule is C[C@]12CCC(=O)C=C1CC[C@@H]1C2=CC[C@@]2(C)[C@H]1CC[C@@]2(O)C(=O)CCl. The fraction of sp³-hybridized carbons (Fsp3) is 0.714. The molecule has 25 heavy (non-hydrogen) atoms. The van der Waals surface area contributed by atoms with Crippen LogP contribution in [-0.2, 0) is 9.59 Å². The molecular weight excluding hydrogens is 336 g/mol. The number of hydrogen-bond acceptors (Lipinski definition) is 3. The second-order valence-electron chi connectivity index (χ2n) is 8.96. The normalized spacial score (nSPS) is 45.8. The Morgan fingerprint density at radius 2 is 2.04 bits per heavy atom. The number of Topliss-reactive ketones (excluding diaryl/α,β-unsaturated/α-hetero) is 1. The molecule has 4 aliphatic carbocycles. The third-order valence-corrected chi connectivity index (χ3v) is 8.31. The van der Waals surface area contributed by atoms with Crippen LogP contribution >= 0.6 is 11.6 Å². The molecule has 0 bridgehead atoms. The van der Waals surface area contributed by atoms with Crippen LogP contribution in [0.2, 0.25) is 0 Å². The molecule has 3 nitrogen and oxygen atoms in total. The molecule has 4 heteroatoms. The molecule has 0 aromatic heterocycles. The Bertz CT molecular complexity index is 708. The molecular formula is C21H27ClO3. The fourth-order valence-corrected chi connectivity index (χ4v) is 6.66. The van der Waals surface area contributed by atoms with Crippen molar-refractivity contribution in [1.82, 2.24) is 0 Å². The van der Waals surface area contributed by atoms with Gasteiger partial charge in [0, 0.05) is 17.3 Å². The Labute approximate surface area is 154 Å². The minimum absolute atomic E-state index is 0.00461. The first kappa shape index (κ1) is 17.5. The molecule has 0 unspecified atom stereocenters. The molecule has 4 aliphatic rings. The van der Waals surface area contributed by atoms with Gasteiger partial charge < -0.3 is 5.11 Å². The first-order valence-corrected chi connectivity index (χ1v) is 10.1. The molecule has 0 saturated heterocycles. The van der Waals surface area contributed by atoms with Crippen LogP contribution in [0.4, 0.5) is 0 Å². The largest absolute Gasteiger partial charge is 0.381 e. The van der Waals surface area contributed by atoms with Crippen molar-refractivity contribution in [3.8, 4) is 0 Å². The van der Waals surface area contributed by atoms with E-state index in [1.165, 1.54) is 11.1 Å². The predicted octanol–water partition coefficient (Wildman–Crippen LogP) is 3.98. The minimum Gasteiger partial charge on any atom is -0.381 e. The average molecular weight is 363 g/mol. The van der Waals surface area contributed by atoms with Crippen LogP contribution in [0.5, 0.6) is 0 Å². The summed E-state index contributed by atoms with van der Waals surface area (Å²) in [5, 5.41) is 11.2. The molecule has 0 spiro atoms. The number of carbonyl (C=O) groups excluding carboxylic acids is 2. The van der Waals surface area contributed by atoms with Crippen molar-refractivity contribution in [2.75, 3.05) is 5.88 Å². The van der Waals surface area contributed by atoms with E-state index in [1.807, 2.05) is 6.08 Å². The van der Waals surface area contributed by atoms with E-state index in [9.17, 15) is 14.7 Å². The lowest BCUT2D eigenvalue weighted by molar-refractivity contribution is -0.150. The summed E-state index contributed by atoms with van der Waals surface area (Å²) in [4.78, 5) is 24.3. The van der Waals surface area contributed by atoms with Gasteiger partial charge in [-0.25, -0.2) is 0 Å². The highest BCUT2D eigenvalue weighted by Gasteiger charge is 2.64. The van der Waals surface area contributed by atoms with Crippen molar-refractivity contribution in [2.24, 2.45) is 22.7 Å². The van der Waals surface area contributed by atoms with Crippen molar-refractivity contribution < 1.29 is 14.7 Å². The second kappa shape index (κ2) is 5.53. The van der Waals surface area contributed by atoms with E-state index < -0.39 is 11.0 Å². The third-order valence-electron chi connectivity index (χ3n) is 8.07. The number of allylic oxidation sites excluding steroid dienone is 4. The lowest BCUT2D eigenvalue weighted by Gasteiger charge is -2.54. The van der Waals surface area contributed by atoms with Crippen LogP contribution in [0.15, 0.2) is 23.3 Å². The summed E-state index contributed by atoms with van der Waals surface area (Å²) < 4.78 is 0. The van der Waals surface area contributed by atoms with Crippen molar-refractivity contribution in [1.29, 1.82) is 0 Å². The number of rotatable bonds is 2. The highest BCUT2D eigenvalue weighted by Crippen LogP contribution is 2.65. The number of aliphatic hydroxyl groups is 1. The number of ketones is 2. The molecule has 136 valence electrons. The number of carbonyl (C=O) groups is 2. The summed E-state index contributed by atoms with van der Waals surface area (Å²) in [5.74, 6) is 0.649. The third kappa shape index (κ3) is 2.15. The molecule has 0 radical (unpaired) electrons. The lowest BCUT2D eigenvalue weighted by Crippen LogP contribution is -2.55. The molecule has 0 amide bonds. The van der Waals surface area contributed by atoms with Gasteiger partial charge in [0.25, 0.3) is 0 Å². The maximum atomic E-state index is 12.4. The Balaban J connectivity index is 1.75. The van der Waals surface area contributed by atoms with E-state index in [0.717, 1.165) is 32.1 Å². The molecule has 2 fully saturated rings.